The summed E-state index contributed by atoms with van der Waals surface area (Å²) in [6, 6.07) is 0. The number of sulfonamides is 1. The first-order valence-corrected chi connectivity index (χ1v) is 10.5. The van der Waals surface area contributed by atoms with E-state index in [2.05, 4.69) is 4.94 Å². The Morgan fingerprint density at radius 3 is 0.833 bits per heavy atom. The maximum absolute atomic E-state index is 11.7. The number of alkyl halides is 22. The molecule has 0 bridgehead atoms. The number of nitrogens with one attached hydrogen (secondary N) is 1. The molecular weight excluding hydrogens is 831 g/mol. The van der Waals surface area contributed by atoms with E-state index in [-0.39, 0.29) is 56.1 Å². The molecule has 0 rings (SSSR count). The van der Waals surface area contributed by atoms with Crippen LogP contribution < -0.4 is 56.1 Å². The van der Waals surface area contributed by atoms with Gasteiger partial charge in [0.15, 0.2) is 26.6 Å². The largest absolute Gasteiger partial charge is 1.00 e. The van der Waals surface area contributed by atoms with Gasteiger partial charge in [0, 0.05) is 0 Å². The molecule has 2 atom stereocenters. The molecule has 0 aromatic heterocycles. The van der Waals surface area contributed by atoms with Gasteiger partial charge in [-0.05, 0) is 13.6 Å². The SMILES string of the molecule is FCC(F)(F)F.FCC(F)(OF)C(F)(F)F.FCC(F)(OF)C(F)(F)F.FCF.FOCC(F)(F)F.O=C(F)NS(=O)(=O)C(F)(F)F.[K+]. The van der Waals surface area contributed by atoms with Crippen LogP contribution in [0.15, 0.2) is 0 Å². The Hall–Kier alpha value is -0.884. The molecule has 48 heavy (non-hydrogen) atoms. The van der Waals surface area contributed by atoms with Crippen molar-refractivity contribution in [2.75, 3.05) is 33.6 Å². The third-order valence-electron chi connectivity index (χ3n) is 2.32. The van der Waals surface area contributed by atoms with E-state index < -0.39 is 91.7 Å². The maximum atomic E-state index is 11.7. The van der Waals surface area contributed by atoms with Gasteiger partial charge in [-0.15, -0.1) is 14.3 Å². The summed E-state index contributed by atoms with van der Waals surface area (Å²) in [6.07, 6.45) is -23.3. The summed E-state index contributed by atoms with van der Waals surface area (Å²) < 4.78 is 301. The van der Waals surface area contributed by atoms with Crippen LogP contribution in [0.5, 0.6) is 0 Å². The average Bonchev–Trinajstić information content (AvgIpc) is 2.85. The molecule has 0 saturated carbocycles. The Morgan fingerprint density at radius 2 is 0.812 bits per heavy atom. The average molecular weight is 842 g/mol. The fourth-order valence-corrected chi connectivity index (χ4v) is 0.833. The van der Waals surface area contributed by atoms with Crippen LogP contribution in [0.4, 0.5) is 119 Å². The molecule has 0 radical (unpaired) electrons. The quantitative estimate of drug-likeness (QED) is 0.164. The van der Waals surface area contributed by atoms with Gasteiger partial charge in [-0.1, -0.05) is 0 Å². The molecule has 292 valence electrons. The molecule has 1 N–H and O–H groups in total. The molecular formula is C13H11F26KNO6S+. The van der Waals surface area contributed by atoms with Crippen LogP contribution in [0.1, 0.15) is 0 Å². The molecule has 2 unspecified atom stereocenters. The zero-order chi connectivity index (χ0) is 39.9. The monoisotopic (exact) mass is 842 g/mol. The van der Waals surface area contributed by atoms with Crippen molar-refractivity contribution >= 4 is 16.2 Å². The summed E-state index contributed by atoms with van der Waals surface area (Å²) in [4.78, 5) is 15.1. The van der Waals surface area contributed by atoms with Gasteiger partial charge in [0.1, 0.15) is 0 Å². The van der Waals surface area contributed by atoms with Crippen LogP contribution >= 0.6 is 0 Å². The molecule has 7 nitrogen and oxygen atoms in total. The third-order valence-corrected chi connectivity index (χ3v) is 3.36. The first kappa shape index (κ1) is 62.3. The van der Waals surface area contributed by atoms with Crippen molar-refractivity contribution < 1.29 is 194 Å². The first-order chi connectivity index (χ1) is 20.4. The molecule has 0 heterocycles. The number of amides is 1. The predicted octanol–water partition coefficient (Wildman–Crippen LogP) is 5.54. The van der Waals surface area contributed by atoms with Crippen molar-refractivity contribution in [2.24, 2.45) is 0 Å². The van der Waals surface area contributed by atoms with Crippen LogP contribution in [0, 0.1) is 0 Å². The molecule has 0 spiro atoms. The summed E-state index contributed by atoms with van der Waals surface area (Å²) in [7, 11) is -5.87. The Labute approximate surface area is 289 Å². The van der Waals surface area contributed by atoms with E-state index in [1.807, 2.05) is 0 Å². The van der Waals surface area contributed by atoms with E-state index in [4.69, 9.17) is 0 Å². The number of rotatable bonds is 6. The summed E-state index contributed by atoms with van der Waals surface area (Å²) in [5.41, 5.74) is -5.67. The normalized spacial score (nSPS) is 14.3. The Balaban J connectivity index is -0.0000000864. The van der Waals surface area contributed by atoms with Gasteiger partial charge in [0.05, 0.1) is 0 Å². The topological polar surface area (TPSA) is 90.9 Å². The van der Waals surface area contributed by atoms with E-state index in [1.54, 1.807) is 9.88 Å². The zero-order valence-electron chi connectivity index (χ0n) is 21.7. The van der Waals surface area contributed by atoms with Crippen molar-refractivity contribution in [3.63, 3.8) is 0 Å². The van der Waals surface area contributed by atoms with Crippen molar-refractivity contribution in [1.82, 2.24) is 4.72 Å². The molecule has 0 aromatic rings. The summed E-state index contributed by atoms with van der Waals surface area (Å²) in [5, 5.41) is 0. The van der Waals surface area contributed by atoms with Gasteiger partial charge in [0.2, 0.25) is 6.93 Å². The van der Waals surface area contributed by atoms with Crippen molar-refractivity contribution in [2.45, 2.75) is 41.9 Å². The zero-order valence-corrected chi connectivity index (χ0v) is 25.7. The number of hydrogen-bond donors (Lipinski definition) is 1. The number of carbonyl (C=O) groups is 1. The van der Waals surface area contributed by atoms with Crippen molar-refractivity contribution in [1.29, 1.82) is 0 Å². The number of carbonyl (C=O) groups excluding carboxylic acids is 1. The Morgan fingerprint density at radius 1 is 0.562 bits per heavy atom. The smallest absolute Gasteiger partial charge is 0.244 e. The minimum Gasteiger partial charge on any atom is -0.244 e. The van der Waals surface area contributed by atoms with E-state index in [0.717, 1.165) is 0 Å². The van der Waals surface area contributed by atoms with Crippen LogP contribution in [0.25, 0.3) is 0 Å². The molecule has 0 aliphatic heterocycles. The second kappa shape index (κ2) is 26.9. The van der Waals surface area contributed by atoms with Crippen LogP contribution in [0.2, 0.25) is 0 Å². The van der Waals surface area contributed by atoms with Gasteiger partial charge >= 0.3 is 109 Å². The third kappa shape index (κ3) is 35.0. The van der Waals surface area contributed by atoms with Gasteiger partial charge in [-0.3, -0.25) is 0 Å². The minimum atomic E-state index is -5.87. The molecule has 0 saturated heterocycles. The van der Waals surface area contributed by atoms with Crippen LogP contribution in [-0.2, 0) is 24.8 Å². The Bertz CT molecular complexity index is 853. The molecule has 1 amide bonds. The molecule has 0 aliphatic carbocycles. The number of hydrogen-bond acceptors (Lipinski definition) is 6. The Kier molecular flexibility index (Phi) is 34.8. The standard InChI is InChI=1S/2C3H2F6O.C2HF4NO3S.C2H2F4O.C2H2F4.CH2F2.K/c2*4-1-2(5,10-9)3(6,7)8;3-1(8)7-11(9,10)2(4,5)6;3-2(4,5)1-7-6;3-1-2(4,5)6;2-1-3;/h2*1H2;(H,7,8);1H2;1H2;1H2;/q;;;;;;+1. The van der Waals surface area contributed by atoms with Crippen LogP contribution in [-0.4, -0.2) is 90.1 Å². The van der Waals surface area contributed by atoms with E-state index >= 15 is 0 Å². The summed E-state index contributed by atoms with van der Waals surface area (Å²) in [6.45, 7) is -11.0. The van der Waals surface area contributed by atoms with E-state index in [0.29, 0.717) is 0 Å². The van der Waals surface area contributed by atoms with Crippen molar-refractivity contribution in [3.05, 3.63) is 0 Å². The maximum Gasteiger partial charge on any atom is 1.00 e. The molecule has 0 aliphatic rings. The van der Waals surface area contributed by atoms with Gasteiger partial charge in [0.25, 0.3) is 0 Å². The van der Waals surface area contributed by atoms with Crippen LogP contribution in [0.3, 0.4) is 0 Å². The fourth-order valence-electron chi connectivity index (χ4n) is 0.506. The number of halogens is 26. The fraction of sp³-hybridized carbons (Fsp3) is 0.923. The first-order valence-electron chi connectivity index (χ1n) is 9.01. The predicted molar refractivity (Wildman–Crippen MR) is 93.0 cm³/mol. The molecule has 0 fully saturated rings. The second-order valence-electron chi connectivity index (χ2n) is 5.92. The van der Waals surface area contributed by atoms with Gasteiger partial charge < -0.3 is 0 Å². The van der Waals surface area contributed by atoms with E-state index in [9.17, 15) is 128 Å². The van der Waals surface area contributed by atoms with E-state index in [1.165, 1.54) is 0 Å². The van der Waals surface area contributed by atoms with Gasteiger partial charge in [-0.2, -0.15) is 88.0 Å². The summed E-state index contributed by atoms with van der Waals surface area (Å²) >= 11 is 0. The van der Waals surface area contributed by atoms with Crippen molar-refractivity contribution in [3.8, 4) is 0 Å². The molecule has 0 aromatic carbocycles. The van der Waals surface area contributed by atoms with Gasteiger partial charge in [-0.25, -0.2) is 31.5 Å². The second-order valence-corrected chi connectivity index (χ2v) is 7.59. The minimum absolute atomic E-state index is 0. The summed E-state index contributed by atoms with van der Waals surface area (Å²) in [5.74, 6) is -9.62. The molecule has 35 heteroatoms.